The average Bonchev–Trinajstić information content (AvgIpc) is 3.32. The van der Waals surface area contributed by atoms with E-state index < -0.39 is 11.9 Å². The van der Waals surface area contributed by atoms with Gasteiger partial charge < -0.3 is 20.1 Å². The fourth-order valence-corrected chi connectivity index (χ4v) is 3.38. The van der Waals surface area contributed by atoms with Crippen LogP contribution in [-0.4, -0.2) is 53.8 Å². The number of urea groups is 1. The number of nitrogens with one attached hydrogen (secondary N) is 1. The molecule has 0 radical (unpaired) electrons. The largest absolute Gasteiger partial charge is 0.481 e. The number of carboxylic acid groups (broad SMARTS) is 1. The summed E-state index contributed by atoms with van der Waals surface area (Å²) < 4.78 is 5.77. The Bertz CT molecular complexity index is 410. The number of ether oxygens (including phenoxy) is 1. The predicted octanol–water partition coefficient (Wildman–Crippen LogP) is 1.45. The van der Waals surface area contributed by atoms with E-state index in [0.717, 1.165) is 19.3 Å². The lowest BCUT2D eigenvalue weighted by Crippen LogP contribution is -2.51. The van der Waals surface area contributed by atoms with Crippen LogP contribution in [0.25, 0.3) is 0 Å². The van der Waals surface area contributed by atoms with Crippen LogP contribution < -0.4 is 5.32 Å². The lowest BCUT2D eigenvalue weighted by molar-refractivity contribution is -0.143. The molecule has 6 nitrogen and oxygen atoms in total. The van der Waals surface area contributed by atoms with Crippen molar-refractivity contribution in [3.05, 3.63) is 0 Å². The standard InChI is InChI=1S/C15H24N2O4/c18-14(19)11-2-1-6-17(9-11)15(20)16-12-5-7-21-13(8-12)10-3-4-10/h10-13H,1-9H2,(H,16,20)(H,18,19). The molecule has 3 aliphatic rings. The molecule has 2 saturated heterocycles. The van der Waals surface area contributed by atoms with Crippen LogP contribution in [0, 0.1) is 11.8 Å². The van der Waals surface area contributed by atoms with E-state index in [1.807, 2.05) is 0 Å². The van der Waals surface area contributed by atoms with E-state index in [4.69, 9.17) is 9.84 Å². The third-order valence-corrected chi connectivity index (χ3v) is 4.85. The Morgan fingerprint density at radius 3 is 2.71 bits per heavy atom. The van der Waals surface area contributed by atoms with E-state index in [2.05, 4.69) is 5.32 Å². The molecule has 0 aromatic rings. The zero-order chi connectivity index (χ0) is 14.8. The van der Waals surface area contributed by atoms with Crippen molar-refractivity contribution in [1.29, 1.82) is 0 Å². The second-order valence-electron chi connectivity index (χ2n) is 6.54. The van der Waals surface area contributed by atoms with Gasteiger partial charge in [0.15, 0.2) is 0 Å². The van der Waals surface area contributed by atoms with Crippen molar-refractivity contribution in [3.63, 3.8) is 0 Å². The maximum absolute atomic E-state index is 12.3. The molecular formula is C15H24N2O4. The molecule has 21 heavy (non-hydrogen) atoms. The van der Waals surface area contributed by atoms with Crippen LogP contribution in [0.1, 0.15) is 38.5 Å². The Hall–Kier alpha value is -1.30. The first-order chi connectivity index (χ1) is 10.1. The average molecular weight is 296 g/mol. The van der Waals surface area contributed by atoms with Gasteiger partial charge in [-0.1, -0.05) is 0 Å². The molecule has 2 aliphatic heterocycles. The van der Waals surface area contributed by atoms with Crippen molar-refractivity contribution in [2.75, 3.05) is 19.7 Å². The number of carboxylic acids is 1. The zero-order valence-electron chi connectivity index (χ0n) is 12.3. The van der Waals surface area contributed by atoms with Crippen LogP contribution in [0.3, 0.4) is 0 Å². The monoisotopic (exact) mass is 296 g/mol. The molecule has 3 unspecified atom stereocenters. The van der Waals surface area contributed by atoms with E-state index >= 15 is 0 Å². The summed E-state index contributed by atoms with van der Waals surface area (Å²) >= 11 is 0. The van der Waals surface area contributed by atoms with E-state index in [1.165, 1.54) is 12.8 Å². The van der Waals surface area contributed by atoms with Crippen LogP contribution in [0.5, 0.6) is 0 Å². The van der Waals surface area contributed by atoms with Gasteiger partial charge in [-0.05, 0) is 44.4 Å². The number of likely N-dealkylation sites (tertiary alicyclic amines) is 1. The molecule has 3 atom stereocenters. The maximum Gasteiger partial charge on any atom is 0.317 e. The van der Waals surface area contributed by atoms with Gasteiger partial charge in [0, 0.05) is 25.7 Å². The number of rotatable bonds is 3. The molecule has 6 heteroatoms. The molecule has 0 spiro atoms. The maximum atomic E-state index is 12.3. The molecule has 1 saturated carbocycles. The number of piperidine rings is 1. The lowest BCUT2D eigenvalue weighted by Gasteiger charge is -2.35. The number of amides is 2. The SMILES string of the molecule is O=C(O)C1CCCN(C(=O)NC2CCOC(C3CC3)C2)C1. The van der Waals surface area contributed by atoms with Crippen molar-refractivity contribution >= 4 is 12.0 Å². The van der Waals surface area contributed by atoms with Crippen LogP contribution in [-0.2, 0) is 9.53 Å². The summed E-state index contributed by atoms with van der Waals surface area (Å²) in [6.45, 7) is 1.70. The van der Waals surface area contributed by atoms with Gasteiger partial charge in [0.1, 0.15) is 0 Å². The van der Waals surface area contributed by atoms with Gasteiger partial charge in [-0.3, -0.25) is 4.79 Å². The third kappa shape index (κ3) is 3.67. The first kappa shape index (κ1) is 14.6. The van der Waals surface area contributed by atoms with Crippen molar-refractivity contribution in [3.8, 4) is 0 Å². The summed E-state index contributed by atoms with van der Waals surface area (Å²) in [5, 5.41) is 12.2. The molecule has 0 aromatic heterocycles. The van der Waals surface area contributed by atoms with Crippen molar-refractivity contribution in [2.45, 2.75) is 50.7 Å². The van der Waals surface area contributed by atoms with Gasteiger partial charge in [0.25, 0.3) is 0 Å². The van der Waals surface area contributed by atoms with Gasteiger partial charge in [-0.15, -0.1) is 0 Å². The highest BCUT2D eigenvalue weighted by Crippen LogP contribution is 2.38. The van der Waals surface area contributed by atoms with E-state index in [0.29, 0.717) is 38.1 Å². The van der Waals surface area contributed by atoms with Crippen LogP contribution in [0.4, 0.5) is 4.79 Å². The molecule has 0 aromatic carbocycles. The minimum atomic E-state index is -0.799. The second kappa shape index (κ2) is 6.22. The fraction of sp³-hybridized carbons (Fsp3) is 0.867. The molecular weight excluding hydrogens is 272 g/mol. The van der Waals surface area contributed by atoms with E-state index in [9.17, 15) is 9.59 Å². The Balaban J connectivity index is 1.49. The van der Waals surface area contributed by atoms with Crippen LogP contribution in [0.15, 0.2) is 0 Å². The first-order valence-corrected chi connectivity index (χ1v) is 8.03. The smallest absolute Gasteiger partial charge is 0.317 e. The van der Waals surface area contributed by atoms with Gasteiger partial charge >= 0.3 is 12.0 Å². The Labute approximate surface area is 124 Å². The van der Waals surface area contributed by atoms with Gasteiger partial charge in [0.05, 0.1) is 12.0 Å². The van der Waals surface area contributed by atoms with Gasteiger partial charge in [0.2, 0.25) is 0 Å². The third-order valence-electron chi connectivity index (χ3n) is 4.85. The van der Waals surface area contributed by atoms with E-state index in [-0.39, 0.29) is 12.1 Å². The molecule has 1 aliphatic carbocycles. The number of carbonyl (C=O) groups is 2. The fourth-order valence-electron chi connectivity index (χ4n) is 3.38. The number of hydrogen-bond donors (Lipinski definition) is 2. The second-order valence-corrected chi connectivity index (χ2v) is 6.54. The van der Waals surface area contributed by atoms with Crippen LogP contribution in [0.2, 0.25) is 0 Å². The quantitative estimate of drug-likeness (QED) is 0.826. The summed E-state index contributed by atoms with van der Waals surface area (Å²) in [7, 11) is 0. The van der Waals surface area contributed by atoms with Crippen molar-refractivity contribution in [1.82, 2.24) is 10.2 Å². The summed E-state index contributed by atoms with van der Waals surface area (Å²) in [6.07, 6.45) is 5.98. The molecule has 118 valence electrons. The highest BCUT2D eigenvalue weighted by Gasteiger charge is 2.37. The van der Waals surface area contributed by atoms with Gasteiger partial charge in [-0.2, -0.15) is 0 Å². The normalized spacial score (nSPS) is 33.5. The minimum absolute atomic E-state index is 0.109. The molecule has 2 heterocycles. The molecule has 2 N–H and O–H groups in total. The summed E-state index contributed by atoms with van der Waals surface area (Å²) in [4.78, 5) is 25.0. The topological polar surface area (TPSA) is 78.9 Å². The number of nitrogens with zero attached hydrogens (tertiary/aromatic N) is 1. The lowest BCUT2D eigenvalue weighted by atomic mass is 9.98. The Morgan fingerprint density at radius 2 is 2.00 bits per heavy atom. The molecule has 3 rings (SSSR count). The van der Waals surface area contributed by atoms with Crippen molar-refractivity contribution < 1.29 is 19.4 Å². The zero-order valence-corrected chi connectivity index (χ0v) is 12.3. The van der Waals surface area contributed by atoms with E-state index in [1.54, 1.807) is 4.90 Å². The predicted molar refractivity (Wildman–Crippen MR) is 76.0 cm³/mol. The first-order valence-electron chi connectivity index (χ1n) is 8.03. The number of aliphatic carboxylic acids is 1. The highest BCUT2D eigenvalue weighted by molar-refractivity contribution is 5.76. The Morgan fingerprint density at radius 1 is 1.19 bits per heavy atom. The Kier molecular flexibility index (Phi) is 4.33. The molecule has 2 amide bonds. The van der Waals surface area contributed by atoms with Gasteiger partial charge in [-0.25, -0.2) is 4.79 Å². The molecule has 0 bridgehead atoms. The minimum Gasteiger partial charge on any atom is -0.481 e. The van der Waals surface area contributed by atoms with Crippen LogP contribution >= 0.6 is 0 Å². The number of hydrogen-bond acceptors (Lipinski definition) is 3. The molecule has 3 fully saturated rings. The van der Waals surface area contributed by atoms with Crippen molar-refractivity contribution in [2.24, 2.45) is 11.8 Å². The summed E-state index contributed by atoms with van der Waals surface area (Å²) in [6, 6.07) is 0.0597. The highest BCUT2D eigenvalue weighted by atomic mass is 16.5. The number of carbonyl (C=O) groups excluding carboxylic acids is 1. The summed E-state index contributed by atoms with van der Waals surface area (Å²) in [5.74, 6) is -0.526. The summed E-state index contributed by atoms with van der Waals surface area (Å²) in [5.41, 5.74) is 0.